The average molecular weight is 369 g/mol. The normalized spacial score (nSPS) is 16.0. The van der Waals surface area contributed by atoms with Crippen molar-refractivity contribution in [1.82, 2.24) is 10.3 Å². The molecule has 3 rings (SSSR count). The Labute approximate surface area is 158 Å². The Kier molecular flexibility index (Phi) is 6.38. The van der Waals surface area contributed by atoms with E-state index in [1.807, 2.05) is 6.92 Å². The van der Waals surface area contributed by atoms with Crippen LogP contribution in [0.4, 0.5) is 5.69 Å². The van der Waals surface area contributed by atoms with E-state index in [2.05, 4.69) is 15.6 Å². The van der Waals surface area contributed by atoms with Crippen molar-refractivity contribution in [3.05, 3.63) is 53.9 Å². The highest BCUT2D eigenvalue weighted by atomic mass is 16.5. The molecule has 1 unspecified atom stereocenters. The van der Waals surface area contributed by atoms with Gasteiger partial charge in [-0.05, 0) is 56.2 Å². The van der Waals surface area contributed by atoms with Gasteiger partial charge in [-0.2, -0.15) is 0 Å². The third-order valence-electron chi connectivity index (χ3n) is 4.19. The van der Waals surface area contributed by atoms with E-state index in [9.17, 15) is 9.59 Å². The minimum atomic E-state index is -0.382. The SMILES string of the molecule is CCOc1ccc(NC(=O)c2cc(C(=O)NCC3CCCO3)ccn2)cc1. The average Bonchev–Trinajstić information content (AvgIpc) is 3.21. The van der Waals surface area contributed by atoms with Crippen LogP contribution in [0.15, 0.2) is 42.6 Å². The first-order chi connectivity index (χ1) is 13.2. The molecule has 0 bridgehead atoms. The van der Waals surface area contributed by atoms with Gasteiger partial charge in [0.15, 0.2) is 0 Å². The van der Waals surface area contributed by atoms with Crippen LogP contribution in [0.2, 0.25) is 0 Å². The van der Waals surface area contributed by atoms with Gasteiger partial charge in [0.05, 0.1) is 12.7 Å². The number of carbonyl (C=O) groups excluding carboxylic acids is 2. The molecule has 7 heteroatoms. The van der Waals surface area contributed by atoms with Gasteiger partial charge in [-0.3, -0.25) is 14.6 Å². The molecular formula is C20H23N3O4. The molecule has 0 saturated carbocycles. The quantitative estimate of drug-likeness (QED) is 0.783. The molecule has 7 nitrogen and oxygen atoms in total. The van der Waals surface area contributed by atoms with Gasteiger partial charge in [0.25, 0.3) is 11.8 Å². The monoisotopic (exact) mass is 369 g/mol. The molecule has 1 saturated heterocycles. The van der Waals surface area contributed by atoms with Crippen LogP contribution in [0.25, 0.3) is 0 Å². The van der Waals surface area contributed by atoms with Crippen molar-refractivity contribution in [1.29, 1.82) is 0 Å². The minimum Gasteiger partial charge on any atom is -0.494 e. The molecule has 2 heterocycles. The second kappa shape index (κ2) is 9.14. The second-order valence-electron chi connectivity index (χ2n) is 6.19. The van der Waals surface area contributed by atoms with Gasteiger partial charge in [0.2, 0.25) is 0 Å². The third-order valence-corrected chi connectivity index (χ3v) is 4.19. The van der Waals surface area contributed by atoms with E-state index in [-0.39, 0.29) is 23.6 Å². The van der Waals surface area contributed by atoms with E-state index in [0.717, 1.165) is 25.2 Å². The lowest BCUT2D eigenvalue weighted by Gasteiger charge is -2.11. The fourth-order valence-electron chi connectivity index (χ4n) is 2.81. The summed E-state index contributed by atoms with van der Waals surface area (Å²) in [6.45, 7) is 3.70. The van der Waals surface area contributed by atoms with Gasteiger partial charge in [0, 0.05) is 30.6 Å². The lowest BCUT2D eigenvalue weighted by Crippen LogP contribution is -2.32. The Morgan fingerprint density at radius 1 is 1.22 bits per heavy atom. The number of ether oxygens (including phenoxy) is 2. The van der Waals surface area contributed by atoms with Gasteiger partial charge >= 0.3 is 0 Å². The molecule has 2 aromatic rings. The molecule has 1 aromatic carbocycles. The maximum absolute atomic E-state index is 12.4. The predicted octanol–water partition coefficient (Wildman–Crippen LogP) is 2.64. The standard InChI is InChI=1S/C20H23N3O4/c1-2-26-16-7-5-15(6-8-16)23-20(25)18-12-14(9-10-21-18)19(24)22-13-17-4-3-11-27-17/h5-10,12,17H,2-4,11,13H2,1H3,(H,22,24)(H,23,25). The van der Waals surface area contributed by atoms with Crippen molar-refractivity contribution in [3.63, 3.8) is 0 Å². The smallest absolute Gasteiger partial charge is 0.274 e. The molecule has 0 spiro atoms. The lowest BCUT2D eigenvalue weighted by molar-refractivity contribution is 0.0857. The summed E-state index contributed by atoms with van der Waals surface area (Å²) in [7, 11) is 0. The van der Waals surface area contributed by atoms with Gasteiger partial charge in [-0.15, -0.1) is 0 Å². The second-order valence-corrected chi connectivity index (χ2v) is 6.19. The number of carbonyl (C=O) groups is 2. The van der Waals surface area contributed by atoms with E-state index in [0.29, 0.717) is 24.4 Å². The Morgan fingerprint density at radius 3 is 2.74 bits per heavy atom. The molecule has 0 aliphatic carbocycles. The van der Waals surface area contributed by atoms with E-state index < -0.39 is 0 Å². The van der Waals surface area contributed by atoms with Crippen LogP contribution < -0.4 is 15.4 Å². The Bertz CT molecular complexity index is 786. The number of hydrogen-bond donors (Lipinski definition) is 2. The molecule has 0 radical (unpaired) electrons. The van der Waals surface area contributed by atoms with Crippen LogP contribution in [0.5, 0.6) is 5.75 Å². The predicted molar refractivity (Wildman–Crippen MR) is 101 cm³/mol. The van der Waals surface area contributed by atoms with E-state index in [1.165, 1.54) is 12.3 Å². The van der Waals surface area contributed by atoms with Crippen molar-refractivity contribution in [2.24, 2.45) is 0 Å². The molecular weight excluding hydrogens is 346 g/mol. The Hall–Kier alpha value is -2.93. The number of nitrogens with zero attached hydrogens (tertiary/aromatic N) is 1. The van der Waals surface area contributed by atoms with Crippen LogP contribution in [0.3, 0.4) is 0 Å². The van der Waals surface area contributed by atoms with E-state index >= 15 is 0 Å². The number of hydrogen-bond acceptors (Lipinski definition) is 5. The van der Waals surface area contributed by atoms with Crippen molar-refractivity contribution in [2.45, 2.75) is 25.9 Å². The van der Waals surface area contributed by atoms with Crippen molar-refractivity contribution >= 4 is 17.5 Å². The summed E-state index contributed by atoms with van der Waals surface area (Å²) in [5.74, 6) is 0.106. The first-order valence-corrected chi connectivity index (χ1v) is 9.06. The van der Waals surface area contributed by atoms with Gasteiger partial charge in [0.1, 0.15) is 11.4 Å². The number of nitrogens with one attached hydrogen (secondary N) is 2. The molecule has 1 atom stereocenters. The fraction of sp³-hybridized carbons (Fsp3) is 0.350. The summed E-state index contributed by atoms with van der Waals surface area (Å²) < 4.78 is 10.9. The number of aromatic nitrogens is 1. The van der Waals surface area contributed by atoms with Crippen molar-refractivity contribution in [2.75, 3.05) is 25.1 Å². The molecule has 1 fully saturated rings. The highest BCUT2D eigenvalue weighted by Gasteiger charge is 2.17. The summed E-state index contributed by atoms with van der Waals surface area (Å²) >= 11 is 0. The van der Waals surface area contributed by atoms with Crippen LogP contribution in [0, 0.1) is 0 Å². The van der Waals surface area contributed by atoms with Crippen LogP contribution >= 0.6 is 0 Å². The first-order valence-electron chi connectivity index (χ1n) is 9.06. The molecule has 2 amide bonds. The summed E-state index contributed by atoms with van der Waals surface area (Å²) in [4.78, 5) is 28.8. The molecule has 1 aromatic heterocycles. The summed E-state index contributed by atoms with van der Waals surface area (Å²) in [5.41, 5.74) is 1.19. The van der Waals surface area contributed by atoms with E-state index in [4.69, 9.17) is 9.47 Å². The molecule has 142 valence electrons. The lowest BCUT2D eigenvalue weighted by atomic mass is 10.2. The highest BCUT2D eigenvalue weighted by Crippen LogP contribution is 2.16. The molecule has 27 heavy (non-hydrogen) atoms. The summed E-state index contributed by atoms with van der Waals surface area (Å²) in [6, 6.07) is 10.1. The maximum atomic E-state index is 12.4. The summed E-state index contributed by atoms with van der Waals surface area (Å²) in [5, 5.41) is 5.60. The number of benzene rings is 1. The zero-order valence-corrected chi connectivity index (χ0v) is 15.2. The topological polar surface area (TPSA) is 89.5 Å². The minimum absolute atomic E-state index is 0.0678. The largest absolute Gasteiger partial charge is 0.494 e. The molecule has 1 aliphatic heterocycles. The Morgan fingerprint density at radius 2 is 2.04 bits per heavy atom. The third kappa shape index (κ3) is 5.27. The molecule has 2 N–H and O–H groups in total. The van der Waals surface area contributed by atoms with Crippen LogP contribution in [-0.4, -0.2) is 42.7 Å². The van der Waals surface area contributed by atoms with Crippen LogP contribution in [0.1, 0.15) is 40.6 Å². The van der Waals surface area contributed by atoms with Crippen molar-refractivity contribution < 1.29 is 19.1 Å². The fourth-order valence-corrected chi connectivity index (χ4v) is 2.81. The highest BCUT2D eigenvalue weighted by molar-refractivity contribution is 6.04. The Balaban J connectivity index is 1.59. The summed E-state index contributed by atoms with van der Waals surface area (Å²) in [6.07, 6.45) is 3.49. The van der Waals surface area contributed by atoms with Gasteiger partial charge < -0.3 is 20.1 Å². The van der Waals surface area contributed by atoms with Crippen LogP contribution in [-0.2, 0) is 4.74 Å². The van der Waals surface area contributed by atoms with Crippen molar-refractivity contribution in [3.8, 4) is 5.75 Å². The zero-order chi connectivity index (χ0) is 19.1. The number of rotatable bonds is 7. The van der Waals surface area contributed by atoms with Gasteiger partial charge in [-0.25, -0.2) is 0 Å². The maximum Gasteiger partial charge on any atom is 0.274 e. The first kappa shape index (κ1) is 18.8. The molecule has 1 aliphatic rings. The number of amides is 2. The van der Waals surface area contributed by atoms with Gasteiger partial charge in [-0.1, -0.05) is 0 Å². The number of pyridine rings is 1. The van der Waals surface area contributed by atoms with E-state index in [1.54, 1.807) is 30.3 Å². The zero-order valence-electron chi connectivity index (χ0n) is 15.2. The number of anilines is 1.